The van der Waals surface area contributed by atoms with Gasteiger partial charge in [0.05, 0.1) is 4.90 Å². The minimum Gasteiger partial charge on any atom is -0.351 e. The number of amides is 1. The predicted octanol–water partition coefficient (Wildman–Crippen LogP) is 4.48. The minimum absolute atomic E-state index is 0.120. The van der Waals surface area contributed by atoms with Crippen molar-refractivity contribution in [1.82, 2.24) is 14.6 Å². The molecule has 1 fully saturated rings. The van der Waals surface area contributed by atoms with Crippen LogP contribution in [0, 0.1) is 6.92 Å². The van der Waals surface area contributed by atoms with Crippen LogP contribution in [0.4, 0.5) is 0 Å². The Balaban J connectivity index is 1.37. The van der Waals surface area contributed by atoms with Crippen LogP contribution < -0.4 is 5.32 Å². The summed E-state index contributed by atoms with van der Waals surface area (Å²) in [6.07, 6.45) is 3.22. The van der Waals surface area contributed by atoms with Crippen molar-refractivity contribution in [2.75, 3.05) is 13.1 Å². The van der Waals surface area contributed by atoms with Crippen molar-refractivity contribution in [3.8, 4) is 10.6 Å². The number of aryl methyl sites for hydroxylation is 1. The Morgan fingerprint density at radius 1 is 1.12 bits per heavy atom. The fraction of sp³-hybridized carbons (Fsp3) is 0.333. The van der Waals surface area contributed by atoms with Crippen molar-refractivity contribution in [2.24, 2.45) is 0 Å². The van der Waals surface area contributed by atoms with Crippen LogP contribution >= 0.6 is 11.3 Å². The van der Waals surface area contributed by atoms with Gasteiger partial charge < -0.3 is 5.32 Å². The van der Waals surface area contributed by atoms with Crippen LogP contribution in [-0.2, 0) is 10.0 Å². The highest BCUT2D eigenvalue weighted by atomic mass is 32.2. The molecule has 32 heavy (non-hydrogen) atoms. The first-order chi connectivity index (χ1) is 15.4. The molecule has 1 unspecified atom stereocenters. The maximum Gasteiger partial charge on any atom is 0.270 e. The largest absolute Gasteiger partial charge is 0.351 e. The standard InChI is InChI=1S/C24H27N3O3S2/c1-18-10-12-21(13-11-18)32(29,30)27-16-6-5-9-20(27)14-15-25-23(28)22-17-31-24(26-22)19-7-3-2-4-8-19/h2-4,7-8,10-13,17,20H,5-6,9,14-16H2,1H3,(H,25,28). The van der Waals surface area contributed by atoms with Crippen molar-refractivity contribution in [1.29, 1.82) is 0 Å². The fourth-order valence-corrected chi connectivity index (χ4v) is 6.49. The van der Waals surface area contributed by atoms with Gasteiger partial charge in [-0.3, -0.25) is 4.79 Å². The second kappa shape index (κ2) is 9.94. The van der Waals surface area contributed by atoms with E-state index in [0.717, 1.165) is 35.4 Å². The van der Waals surface area contributed by atoms with E-state index in [2.05, 4.69) is 10.3 Å². The van der Waals surface area contributed by atoms with Crippen molar-refractivity contribution in [3.05, 3.63) is 71.2 Å². The van der Waals surface area contributed by atoms with E-state index in [1.165, 1.54) is 11.3 Å². The van der Waals surface area contributed by atoms with E-state index in [-0.39, 0.29) is 11.9 Å². The quantitative estimate of drug-likeness (QED) is 0.553. The van der Waals surface area contributed by atoms with Crippen LogP contribution in [0.1, 0.15) is 41.7 Å². The molecule has 1 aliphatic rings. The zero-order chi connectivity index (χ0) is 22.6. The third-order valence-electron chi connectivity index (χ3n) is 5.72. The minimum atomic E-state index is -3.55. The molecule has 1 atom stereocenters. The Morgan fingerprint density at radius 2 is 1.88 bits per heavy atom. The van der Waals surface area contributed by atoms with Crippen molar-refractivity contribution >= 4 is 27.3 Å². The van der Waals surface area contributed by atoms with Gasteiger partial charge in [0.25, 0.3) is 5.91 Å². The molecule has 0 aliphatic carbocycles. The second-order valence-electron chi connectivity index (χ2n) is 8.03. The van der Waals surface area contributed by atoms with Gasteiger partial charge in [0.1, 0.15) is 10.7 Å². The van der Waals surface area contributed by atoms with E-state index >= 15 is 0 Å². The Hall–Kier alpha value is -2.55. The van der Waals surface area contributed by atoms with Gasteiger partial charge >= 0.3 is 0 Å². The van der Waals surface area contributed by atoms with Gasteiger partial charge in [0.15, 0.2) is 0 Å². The van der Waals surface area contributed by atoms with Crippen molar-refractivity contribution < 1.29 is 13.2 Å². The van der Waals surface area contributed by atoms with Crippen LogP contribution in [-0.4, -0.2) is 42.7 Å². The summed E-state index contributed by atoms with van der Waals surface area (Å²) in [5, 5.41) is 5.47. The van der Waals surface area contributed by atoms with E-state index in [1.54, 1.807) is 21.8 Å². The molecule has 168 valence electrons. The number of piperidine rings is 1. The summed E-state index contributed by atoms with van der Waals surface area (Å²) < 4.78 is 28.0. The molecule has 0 spiro atoms. The lowest BCUT2D eigenvalue weighted by Crippen LogP contribution is -2.45. The average molecular weight is 470 g/mol. The van der Waals surface area contributed by atoms with E-state index < -0.39 is 10.0 Å². The van der Waals surface area contributed by atoms with Gasteiger partial charge in [-0.25, -0.2) is 13.4 Å². The van der Waals surface area contributed by atoms with Crippen molar-refractivity contribution in [3.63, 3.8) is 0 Å². The molecule has 4 rings (SSSR count). The number of rotatable bonds is 7. The van der Waals surface area contributed by atoms with E-state index in [9.17, 15) is 13.2 Å². The number of benzene rings is 2. The fourth-order valence-electron chi connectivity index (χ4n) is 3.96. The Kier molecular flexibility index (Phi) is 7.03. The molecule has 2 aromatic carbocycles. The van der Waals surface area contributed by atoms with Gasteiger partial charge in [-0.15, -0.1) is 11.3 Å². The summed E-state index contributed by atoms with van der Waals surface area (Å²) in [7, 11) is -3.55. The molecule has 6 nitrogen and oxygen atoms in total. The first kappa shape index (κ1) is 22.6. The highest BCUT2D eigenvalue weighted by Gasteiger charge is 2.33. The molecule has 8 heteroatoms. The van der Waals surface area contributed by atoms with Crippen LogP contribution in [0.2, 0.25) is 0 Å². The normalized spacial score (nSPS) is 17.2. The predicted molar refractivity (Wildman–Crippen MR) is 127 cm³/mol. The number of carbonyl (C=O) groups is 1. The molecular weight excluding hydrogens is 442 g/mol. The number of carbonyl (C=O) groups excluding carboxylic acids is 1. The summed E-state index contributed by atoms with van der Waals surface area (Å²) in [6.45, 7) is 2.86. The number of thiazole rings is 1. The molecule has 1 aromatic heterocycles. The second-order valence-corrected chi connectivity index (χ2v) is 10.8. The van der Waals surface area contributed by atoms with Gasteiger partial charge in [0, 0.05) is 30.1 Å². The molecule has 0 radical (unpaired) electrons. The van der Waals surface area contributed by atoms with Crippen LogP contribution in [0.3, 0.4) is 0 Å². The summed E-state index contributed by atoms with van der Waals surface area (Å²) in [5.41, 5.74) is 2.40. The van der Waals surface area contributed by atoms with Gasteiger partial charge in [0.2, 0.25) is 10.0 Å². The first-order valence-corrected chi connectivity index (χ1v) is 13.1. The zero-order valence-corrected chi connectivity index (χ0v) is 19.7. The van der Waals surface area contributed by atoms with Crippen LogP contribution in [0.15, 0.2) is 64.9 Å². The molecule has 1 saturated heterocycles. The summed E-state index contributed by atoms with van der Waals surface area (Å²) in [6, 6.07) is 16.6. The monoisotopic (exact) mass is 469 g/mol. The van der Waals surface area contributed by atoms with Gasteiger partial charge in [-0.05, 0) is 38.3 Å². The lowest BCUT2D eigenvalue weighted by Gasteiger charge is -2.34. The molecule has 2 heterocycles. The highest BCUT2D eigenvalue weighted by molar-refractivity contribution is 7.89. The summed E-state index contributed by atoms with van der Waals surface area (Å²) in [4.78, 5) is 17.3. The average Bonchev–Trinajstić information content (AvgIpc) is 3.31. The highest BCUT2D eigenvalue weighted by Crippen LogP contribution is 2.27. The Morgan fingerprint density at radius 3 is 2.62 bits per heavy atom. The summed E-state index contributed by atoms with van der Waals surface area (Å²) >= 11 is 1.44. The number of nitrogens with one attached hydrogen (secondary N) is 1. The Bertz CT molecular complexity index is 1160. The molecule has 0 bridgehead atoms. The lowest BCUT2D eigenvalue weighted by molar-refractivity contribution is 0.0945. The van der Waals surface area contributed by atoms with E-state index in [0.29, 0.717) is 30.1 Å². The van der Waals surface area contributed by atoms with E-state index in [4.69, 9.17) is 0 Å². The van der Waals surface area contributed by atoms with Gasteiger partial charge in [-0.2, -0.15) is 4.31 Å². The smallest absolute Gasteiger partial charge is 0.270 e. The molecular formula is C24H27N3O3S2. The zero-order valence-electron chi connectivity index (χ0n) is 18.0. The molecule has 0 saturated carbocycles. The number of sulfonamides is 1. The van der Waals surface area contributed by atoms with Crippen LogP contribution in [0.25, 0.3) is 10.6 Å². The molecule has 1 aliphatic heterocycles. The third-order valence-corrected chi connectivity index (χ3v) is 8.58. The molecule has 3 aromatic rings. The van der Waals surface area contributed by atoms with Gasteiger partial charge in [-0.1, -0.05) is 54.4 Å². The number of aromatic nitrogens is 1. The molecule has 1 amide bonds. The topological polar surface area (TPSA) is 79.4 Å². The van der Waals surface area contributed by atoms with Crippen molar-refractivity contribution in [2.45, 2.75) is 43.5 Å². The SMILES string of the molecule is Cc1ccc(S(=O)(=O)N2CCCCC2CCNC(=O)c2csc(-c3ccccc3)n2)cc1. The maximum atomic E-state index is 13.2. The number of hydrogen-bond acceptors (Lipinski definition) is 5. The third kappa shape index (κ3) is 5.09. The number of hydrogen-bond donors (Lipinski definition) is 1. The summed E-state index contributed by atoms with van der Waals surface area (Å²) in [5.74, 6) is -0.229. The maximum absolute atomic E-state index is 13.2. The van der Waals surface area contributed by atoms with Crippen LogP contribution in [0.5, 0.6) is 0 Å². The van der Waals surface area contributed by atoms with E-state index in [1.807, 2.05) is 49.4 Å². The Labute approximate surface area is 193 Å². The molecule has 1 N–H and O–H groups in total. The number of nitrogens with zero attached hydrogens (tertiary/aromatic N) is 2. The first-order valence-electron chi connectivity index (χ1n) is 10.8. The lowest BCUT2D eigenvalue weighted by atomic mass is 10.0.